The second-order valence-corrected chi connectivity index (χ2v) is 29.3. The van der Waals surface area contributed by atoms with Crippen LogP contribution in [0.1, 0.15) is 5.69 Å². The van der Waals surface area contributed by atoms with E-state index in [4.69, 9.17) is 23.2 Å². The molecule has 6 heterocycles. The van der Waals surface area contributed by atoms with Crippen LogP contribution in [0.2, 0.25) is 10.0 Å². The third kappa shape index (κ3) is 45.7. The summed E-state index contributed by atoms with van der Waals surface area (Å²) in [5, 5.41) is 1.00. The number of sulfonamides is 7. The third-order valence-corrected chi connectivity index (χ3v) is 20.4. The fraction of sp³-hybridized carbons (Fsp3) is 0.145. The van der Waals surface area contributed by atoms with E-state index in [0.29, 0.717) is 4.47 Å². The van der Waals surface area contributed by atoms with Crippen LogP contribution in [0, 0.1) is 64.9 Å². The SMILES string of the molecule is C[N-]S(=O)(=O)c1ccc(C)nc1.C[N-]S(=O)(=O)c1cccc(Cl)c1Cl.C[N-]S(=O)(=O)c1cccnc1.C[N-]S(=O)(=O)c1cccnc1.C[N-]S(=O)(=O)c1cccnc1F.C[N-]S(=O)(=O)c1cnc2ccccc2c1.C[N-]S(=O)(=O)c1cncc(Br)c1.[CH3-].[CH3-].[CH3-].[CH3-].[CH3-].[CH3-].[CH3-].[Y].[Y].[Y].[Y].[Y].[Y].[Y]. The zero-order valence-corrected chi connectivity index (χ0v) is 85.6. The first-order chi connectivity index (χ1) is 40.1. The predicted octanol–water partition coefficient (Wildman–Crippen LogP) is 12.8. The second kappa shape index (κ2) is 64.4. The number of aromatic nitrogens is 6. The van der Waals surface area contributed by atoms with Crippen molar-refractivity contribution in [3.05, 3.63) is 270 Å². The van der Waals surface area contributed by atoms with Crippen LogP contribution in [0.4, 0.5) is 4.39 Å². The van der Waals surface area contributed by atoms with Crippen LogP contribution in [0.15, 0.2) is 198 Å². The van der Waals surface area contributed by atoms with Crippen LogP contribution in [-0.4, -0.2) is 138 Å². The topological polar surface area (TPSA) is 415 Å². The minimum absolute atomic E-state index is 0. The molecule has 8 rings (SSSR count). The minimum atomic E-state index is -3.84. The second-order valence-electron chi connectivity index (χ2n) is 15.2. The summed E-state index contributed by atoms with van der Waals surface area (Å²) in [6, 6.07) is 26.3. The summed E-state index contributed by atoms with van der Waals surface area (Å²) in [7, 11) is -16.3. The summed E-state index contributed by atoms with van der Waals surface area (Å²) in [5.74, 6) is -1.02. The van der Waals surface area contributed by atoms with E-state index in [9.17, 15) is 63.3 Å². The summed E-state index contributed by atoms with van der Waals surface area (Å²) < 4.78 is 192. The monoisotopic (exact) mass is 2150 g/mol. The van der Waals surface area contributed by atoms with Crippen molar-refractivity contribution in [2.45, 2.75) is 41.2 Å². The van der Waals surface area contributed by atoms with Crippen LogP contribution < -0.4 is 0 Å². The Kier molecular flexibility index (Phi) is 84.4. The fourth-order valence-corrected chi connectivity index (χ4v) is 11.3. The largest absolute Gasteiger partial charge is 0.547 e. The van der Waals surface area contributed by atoms with Gasteiger partial charge in [-0.15, -0.1) is 0 Å². The van der Waals surface area contributed by atoms with Gasteiger partial charge in [0.1, 0.15) is 75.1 Å². The molecular formula is C55H71BrCl2FN13O14S7Y7-14. The van der Waals surface area contributed by atoms with Gasteiger partial charge in [-0.1, -0.05) is 47.5 Å². The molecule has 0 fully saturated rings. The summed E-state index contributed by atoms with van der Waals surface area (Å²) >= 11 is 14.4. The van der Waals surface area contributed by atoms with Gasteiger partial charge in [-0.2, -0.15) is 53.7 Å². The van der Waals surface area contributed by atoms with Crippen LogP contribution in [-0.2, 0) is 299 Å². The Morgan fingerprint density at radius 1 is 0.360 bits per heavy atom. The molecule has 7 radical (unpaired) electrons. The van der Waals surface area contributed by atoms with Crippen LogP contribution in [0.3, 0.4) is 0 Å². The Bertz CT molecular complexity index is 4300. The first-order valence-corrected chi connectivity index (χ1v) is 34.5. The summed E-state index contributed by atoms with van der Waals surface area (Å²) in [4.78, 5) is 22.2. The van der Waals surface area contributed by atoms with Crippen molar-refractivity contribution in [3.63, 3.8) is 0 Å². The molecule has 0 saturated heterocycles. The van der Waals surface area contributed by atoms with E-state index in [1.807, 2.05) is 24.3 Å². The summed E-state index contributed by atoms with van der Waals surface area (Å²) in [6.45, 7) is 1.79. The molecule has 545 valence electrons. The Morgan fingerprint density at radius 3 is 1.10 bits per heavy atom. The van der Waals surface area contributed by atoms with E-state index in [2.05, 4.69) is 78.9 Å². The van der Waals surface area contributed by atoms with E-state index < -0.39 is 81.0 Å². The molecule has 0 aliphatic rings. The first-order valence-electron chi connectivity index (χ1n) is 22.9. The average Bonchev–Trinajstić information content (AvgIpc) is 0.831. The standard InChI is InChI=1S/C10H9N2O2S.C7H6Cl2NO2S.C7H9N2O2S.C6H6BrN2O2S.C6H6FN2O2S.2C6H7N2O2S.7CH3.7Y/c1-11-15(13,14)9-6-8-4-2-3-5-10(8)12-7-9;1-10-13(11,12)6-4-2-3-5(8)7(6)9;1-6-3-4-7(5-9-6)12(10,11)8-2;1-8-12(10,11)6-2-5(7)3-9-4-6;1-8-12(10,11)5-3-2-4-9-6(5)7;2*1-7-11(9,10)6-3-2-4-8-5-6;;;;;;;;;;;;;;/h2-7H,1H3;2-4H,1H3;3-5H,1-2H3;2*2-4H,1H3;2*2-5H,1H3;7*1H3;;;;;;;/q14*-1;;;;;;;. The maximum Gasteiger partial charge on any atom is 0.229 e. The average molecular weight is 2150 g/mol. The van der Waals surface area contributed by atoms with Gasteiger partial charge < -0.3 is 85.0 Å². The molecule has 0 unspecified atom stereocenters. The minimum Gasteiger partial charge on any atom is -0.547 e. The van der Waals surface area contributed by atoms with Gasteiger partial charge in [-0.25, -0.2) is 63.9 Å². The number of hydrogen-bond acceptors (Lipinski definition) is 20. The van der Waals surface area contributed by atoms with Gasteiger partial charge in [0.05, 0.1) is 44.9 Å². The Labute approximate surface area is 789 Å². The molecule has 0 amide bonds. The third-order valence-electron chi connectivity index (χ3n) is 9.77. The van der Waals surface area contributed by atoms with Gasteiger partial charge in [0.25, 0.3) is 0 Å². The number of hydrogen-bond donors (Lipinski definition) is 0. The number of pyridine rings is 6. The van der Waals surface area contributed by atoms with Gasteiger partial charge in [-0.3, -0.25) is 24.9 Å². The Morgan fingerprint density at radius 2 is 0.720 bits per heavy atom. The number of para-hydroxylation sites is 1. The fourth-order valence-electron chi connectivity index (χ4n) is 5.30. The zero-order valence-electron chi connectivity index (χ0n) is 57.0. The number of nitrogens with zero attached hydrogens (tertiary/aromatic N) is 13. The molecule has 100 heavy (non-hydrogen) atoms. The molecule has 0 aliphatic heterocycles. The smallest absolute Gasteiger partial charge is 0.229 e. The van der Waals surface area contributed by atoms with Crippen molar-refractivity contribution in [2.75, 3.05) is 49.3 Å². The molecule has 0 aliphatic carbocycles. The molecule has 0 atom stereocenters. The normalized spacial score (nSPS) is 9.92. The molecule has 0 N–H and O–H groups in total. The first kappa shape index (κ1) is 131. The number of benzene rings is 2. The van der Waals surface area contributed by atoms with E-state index in [0.717, 1.165) is 29.7 Å². The van der Waals surface area contributed by atoms with Crippen molar-refractivity contribution >= 4 is 120 Å². The molecule has 6 aromatic heterocycles. The number of fused-ring (bicyclic) bond motifs is 1. The van der Waals surface area contributed by atoms with Crippen molar-refractivity contribution in [3.8, 4) is 0 Å². The van der Waals surface area contributed by atoms with E-state index in [1.165, 1.54) is 147 Å². The molecular weight excluding hydrogens is 2080 g/mol. The van der Waals surface area contributed by atoms with Crippen LogP contribution in [0.25, 0.3) is 44.0 Å². The maximum atomic E-state index is 12.7. The Hall–Kier alpha value is 1.69. The zero-order chi connectivity index (χ0) is 65.2. The van der Waals surface area contributed by atoms with Crippen LogP contribution in [0.5, 0.6) is 0 Å². The number of rotatable bonds is 14. The molecule has 0 bridgehead atoms. The van der Waals surface area contributed by atoms with E-state index >= 15 is 0 Å². The molecule has 45 heteroatoms. The van der Waals surface area contributed by atoms with Gasteiger partial charge in [0.2, 0.25) is 5.95 Å². The predicted molar refractivity (Wildman–Crippen MR) is 372 cm³/mol. The van der Waals surface area contributed by atoms with Crippen molar-refractivity contribution in [1.82, 2.24) is 29.9 Å². The van der Waals surface area contributed by atoms with Gasteiger partial charge in [0.15, 0.2) is 0 Å². The van der Waals surface area contributed by atoms with Crippen LogP contribution >= 0.6 is 39.1 Å². The molecule has 2 aromatic carbocycles. The summed E-state index contributed by atoms with van der Waals surface area (Å²) in [5.41, 5.74) is 1.55. The molecule has 8 aromatic rings. The number of aryl methyl sites for hydroxylation is 1. The van der Waals surface area contributed by atoms with Crippen molar-refractivity contribution < 1.29 is 292 Å². The molecule has 0 spiro atoms. The van der Waals surface area contributed by atoms with Gasteiger partial charge in [-0.05, 0) is 102 Å². The van der Waals surface area contributed by atoms with E-state index in [-0.39, 0.29) is 320 Å². The maximum absolute atomic E-state index is 12.7. The molecule has 0 saturated carbocycles. The quantitative estimate of drug-likeness (QED) is 0.0720. The van der Waals surface area contributed by atoms with Crippen molar-refractivity contribution in [1.29, 1.82) is 0 Å². The van der Waals surface area contributed by atoms with Gasteiger partial charge >= 0.3 is 0 Å². The summed E-state index contributed by atoms with van der Waals surface area (Å²) in [6.07, 6.45) is 12.1. The molecule has 27 nitrogen and oxygen atoms in total. The van der Waals surface area contributed by atoms with Gasteiger partial charge in [0, 0.05) is 300 Å². The number of halogens is 4. The Balaban J connectivity index is -0.0000000786. The van der Waals surface area contributed by atoms with Crippen molar-refractivity contribution in [2.24, 2.45) is 0 Å². The van der Waals surface area contributed by atoms with E-state index in [1.54, 1.807) is 31.2 Å².